The van der Waals surface area contributed by atoms with Crippen LogP contribution in [0.25, 0.3) is 0 Å². The van der Waals surface area contributed by atoms with E-state index in [4.69, 9.17) is 0 Å². The molecule has 0 heterocycles. The summed E-state index contributed by atoms with van der Waals surface area (Å²) in [5, 5.41) is 3.16. The number of benzene rings is 1. The number of nitrogens with one attached hydrogen (secondary N) is 1. The third kappa shape index (κ3) is 7.18. The molecule has 0 aliphatic heterocycles. The Bertz CT molecular complexity index is 349. The van der Waals surface area contributed by atoms with E-state index in [1.165, 1.54) is 4.90 Å². The zero-order chi connectivity index (χ0) is 14.3. The first-order valence-electron chi connectivity index (χ1n) is 6.44. The quantitative estimate of drug-likeness (QED) is 0.769. The fourth-order valence-corrected chi connectivity index (χ4v) is 1.80. The van der Waals surface area contributed by atoms with E-state index in [1.54, 1.807) is 13.8 Å². The molecule has 0 bridgehead atoms. The monoisotopic (exact) mass is 274 g/mol. The predicted octanol–water partition coefficient (Wildman–Crippen LogP) is 3.05. The van der Waals surface area contributed by atoms with Crippen LogP contribution in [0.3, 0.4) is 0 Å². The van der Waals surface area contributed by atoms with Gasteiger partial charge in [0.1, 0.15) is 0 Å². The van der Waals surface area contributed by atoms with E-state index in [9.17, 15) is 13.2 Å². The second-order valence-electron chi connectivity index (χ2n) is 4.84. The van der Waals surface area contributed by atoms with Crippen molar-refractivity contribution in [3.63, 3.8) is 0 Å². The summed E-state index contributed by atoms with van der Waals surface area (Å²) in [5.74, 6) is 0. The number of nitrogens with zero attached hydrogens (tertiary/aromatic N) is 1. The molecule has 0 unspecified atom stereocenters. The van der Waals surface area contributed by atoms with E-state index in [2.05, 4.69) is 5.32 Å². The van der Waals surface area contributed by atoms with Gasteiger partial charge in [-0.3, -0.25) is 4.90 Å². The smallest absolute Gasteiger partial charge is 0.311 e. The van der Waals surface area contributed by atoms with E-state index < -0.39 is 12.7 Å². The van der Waals surface area contributed by atoms with Crippen molar-refractivity contribution in [1.29, 1.82) is 0 Å². The van der Waals surface area contributed by atoms with Gasteiger partial charge in [0, 0.05) is 25.7 Å². The number of hydrogen-bond acceptors (Lipinski definition) is 2. The molecule has 19 heavy (non-hydrogen) atoms. The van der Waals surface area contributed by atoms with Gasteiger partial charge in [-0.05, 0) is 19.4 Å². The molecule has 5 heteroatoms. The molecule has 0 amide bonds. The maximum absolute atomic E-state index is 12.4. The average Bonchev–Trinajstić information content (AvgIpc) is 2.32. The van der Waals surface area contributed by atoms with Gasteiger partial charge < -0.3 is 5.32 Å². The molecule has 1 N–H and O–H groups in total. The zero-order valence-corrected chi connectivity index (χ0v) is 11.4. The molecule has 1 aromatic carbocycles. The fourth-order valence-electron chi connectivity index (χ4n) is 1.80. The topological polar surface area (TPSA) is 15.3 Å². The van der Waals surface area contributed by atoms with Gasteiger partial charge in [0.05, 0.1) is 6.54 Å². The molecule has 0 atom stereocenters. The van der Waals surface area contributed by atoms with Crippen molar-refractivity contribution in [3.8, 4) is 0 Å². The number of rotatable bonds is 7. The summed E-state index contributed by atoms with van der Waals surface area (Å²) in [6.07, 6.45) is -4.14. The molecule has 0 aliphatic rings. The molecular formula is C14H21F3N2. The highest BCUT2D eigenvalue weighted by atomic mass is 19.4. The summed E-state index contributed by atoms with van der Waals surface area (Å²) in [7, 11) is 0. The summed E-state index contributed by atoms with van der Waals surface area (Å²) < 4.78 is 37.1. The van der Waals surface area contributed by atoms with E-state index in [-0.39, 0.29) is 6.04 Å². The van der Waals surface area contributed by atoms with Crippen molar-refractivity contribution in [2.45, 2.75) is 32.6 Å². The minimum absolute atomic E-state index is 0.111. The molecule has 0 aromatic heterocycles. The SMILES string of the molecule is CC(C)N(CCNCc1ccccc1)CC(F)(F)F. The van der Waals surface area contributed by atoms with Gasteiger partial charge in [-0.25, -0.2) is 0 Å². The molecule has 0 saturated carbocycles. The Morgan fingerprint density at radius 2 is 1.79 bits per heavy atom. The van der Waals surface area contributed by atoms with Crippen molar-refractivity contribution >= 4 is 0 Å². The Kier molecular flexibility index (Phi) is 6.31. The molecular weight excluding hydrogens is 253 g/mol. The highest BCUT2D eigenvalue weighted by Crippen LogP contribution is 2.17. The van der Waals surface area contributed by atoms with Crippen molar-refractivity contribution in [2.24, 2.45) is 0 Å². The van der Waals surface area contributed by atoms with E-state index in [1.807, 2.05) is 30.3 Å². The van der Waals surface area contributed by atoms with Crippen LogP contribution in [-0.4, -0.2) is 36.8 Å². The minimum Gasteiger partial charge on any atom is -0.311 e. The molecule has 1 rings (SSSR count). The van der Waals surface area contributed by atoms with Gasteiger partial charge in [-0.15, -0.1) is 0 Å². The summed E-state index contributed by atoms with van der Waals surface area (Å²) in [6, 6.07) is 9.70. The Balaban J connectivity index is 2.29. The molecule has 108 valence electrons. The largest absolute Gasteiger partial charge is 0.401 e. The van der Waals surface area contributed by atoms with Crippen LogP contribution in [0.2, 0.25) is 0 Å². The van der Waals surface area contributed by atoms with Gasteiger partial charge in [0.15, 0.2) is 0 Å². The van der Waals surface area contributed by atoms with Gasteiger partial charge in [-0.1, -0.05) is 30.3 Å². The Labute approximate surface area is 112 Å². The minimum atomic E-state index is -4.14. The normalized spacial score (nSPS) is 12.4. The van der Waals surface area contributed by atoms with Gasteiger partial charge in [-0.2, -0.15) is 13.2 Å². The van der Waals surface area contributed by atoms with E-state index in [0.717, 1.165) is 5.56 Å². The van der Waals surface area contributed by atoms with Gasteiger partial charge in [0.2, 0.25) is 0 Å². The molecule has 2 nitrogen and oxygen atoms in total. The van der Waals surface area contributed by atoms with Crippen molar-refractivity contribution in [3.05, 3.63) is 35.9 Å². The van der Waals surface area contributed by atoms with Crippen molar-refractivity contribution in [2.75, 3.05) is 19.6 Å². The van der Waals surface area contributed by atoms with Crippen LogP contribution < -0.4 is 5.32 Å². The first kappa shape index (κ1) is 16.0. The number of halogens is 3. The standard InChI is InChI=1S/C14H21F3N2/c1-12(2)19(11-14(15,16)17)9-8-18-10-13-6-4-3-5-7-13/h3-7,12,18H,8-11H2,1-2H3. The van der Waals surface area contributed by atoms with Crippen LogP contribution in [0.1, 0.15) is 19.4 Å². The first-order chi connectivity index (χ1) is 8.88. The van der Waals surface area contributed by atoms with E-state index in [0.29, 0.717) is 19.6 Å². The predicted molar refractivity (Wildman–Crippen MR) is 70.9 cm³/mol. The lowest BCUT2D eigenvalue weighted by Gasteiger charge is -2.27. The fraction of sp³-hybridized carbons (Fsp3) is 0.571. The second-order valence-corrected chi connectivity index (χ2v) is 4.84. The van der Waals surface area contributed by atoms with Crippen LogP contribution in [0.5, 0.6) is 0 Å². The summed E-state index contributed by atoms with van der Waals surface area (Å²) >= 11 is 0. The Hall–Kier alpha value is -1.07. The highest BCUT2D eigenvalue weighted by molar-refractivity contribution is 5.14. The Morgan fingerprint density at radius 1 is 1.16 bits per heavy atom. The molecule has 0 saturated heterocycles. The van der Waals surface area contributed by atoms with Crippen LogP contribution in [0.15, 0.2) is 30.3 Å². The van der Waals surface area contributed by atoms with Crippen LogP contribution >= 0.6 is 0 Å². The lowest BCUT2D eigenvalue weighted by atomic mass is 10.2. The summed E-state index contributed by atoms with van der Waals surface area (Å²) in [5.41, 5.74) is 1.13. The van der Waals surface area contributed by atoms with E-state index >= 15 is 0 Å². The first-order valence-corrected chi connectivity index (χ1v) is 6.44. The average molecular weight is 274 g/mol. The van der Waals surface area contributed by atoms with Gasteiger partial charge >= 0.3 is 6.18 Å². The lowest BCUT2D eigenvalue weighted by Crippen LogP contribution is -2.42. The molecule has 1 aromatic rings. The van der Waals surface area contributed by atoms with Crippen molar-refractivity contribution in [1.82, 2.24) is 10.2 Å². The summed E-state index contributed by atoms with van der Waals surface area (Å²) in [4.78, 5) is 1.43. The van der Waals surface area contributed by atoms with Crippen LogP contribution in [-0.2, 0) is 6.54 Å². The zero-order valence-electron chi connectivity index (χ0n) is 11.4. The molecule has 0 fully saturated rings. The van der Waals surface area contributed by atoms with Gasteiger partial charge in [0.25, 0.3) is 0 Å². The second kappa shape index (κ2) is 7.50. The van der Waals surface area contributed by atoms with Crippen molar-refractivity contribution < 1.29 is 13.2 Å². The Morgan fingerprint density at radius 3 is 2.32 bits per heavy atom. The number of hydrogen-bond donors (Lipinski definition) is 1. The van der Waals surface area contributed by atoms with Crippen LogP contribution in [0, 0.1) is 0 Å². The third-order valence-corrected chi connectivity index (χ3v) is 2.86. The molecule has 0 radical (unpaired) electrons. The molecule has 0 spiro atoms. The third-order valence-electron chi connectivity index (χ3n) is 2.86. The molecule has 0 aliphatic carbocycles. The van der Waals surface area contributed by atoms with Crippen LogP contribution in [0.4, 0.5) is 13.2 Å². The lowest BCUT2D eigenvalue weighted by molar-refractivity contribution is -0.149. The maximum atomic E-state index is 12.4. The maximum Gasteiger partial charge on any atom is 0.401 e. The summed E-state index contributed by atoms with van der Waals surface area (Å²) in [6.45, 7) is 4.33. The highest BCUT2D eigenvalue weighted by Gasteiger charge is 2.31. The number of alkyl halides is 3.